The number of pyridine rings is 1. The van der Waals surface area contributed by atoms with E-state index in [1.165, 1.54) is 31.4 Å². The number of nitrogens with zero attached hydrogens (tertiary/aromatic N) is 2. The molecule has 0 radical (unpaired) electrons. The van der Waals surface area contributed by atoms with E-state index in [2.05, 4.69) is 21.3 Å². The molecule has 2 heterocycles. The molecule has 2 aromatic carbocycles. The number of aromatic nitrogens is 1. The van der Waals surface area contributed by atoms with Crippen LogP contribution in [0.5, 0.6) is 5.75 Å². The zero-order chi connectivity index (χ0) is 25.8. The molecule has 3 aromatic rings. The summed E-state index contributed by atoms with van der Waals surface area (Å²) in [5.41, 5.74) is 2.38. The van der Waals surface area contributed by atoms with Crippen molar-refractivity contribution < 1.29 is 18.3 Å². The molecule has 4 nitrogen and oxygen atoms in total. The quantitative estimate of drug-likeness (QED) is 0.357. The molecule has 2 N–H and O–H groups in total. The number of phenolic OH excluding ortho intramolecular Hbond substituents is 1. The minimum atomic E-state index is -4.30. The smallest absolute Gasteiger partial charge is 0.416 e. The highest BCUT2D eigenvalue weighted by atomic mass is 19.4. The number of anilines is 2. The van der Waals surface area contributed by atoms with Crippen molar-refractivity contribution in [2.24, 2.45) is 11.8 Å². The summed E-state index contributed by atoms with van der Waals surface area (Å²) in [5.74, 6) is 2.20. The van der Waals surface area contributed by atoms with E-state index >= 15 is 0 Å². The Kier molecular flexibility index (Phi) is 7.58. The Morgan fingerprint density at radius 1 is 0.892 bits per heavy atom. The Hall–Kier alpha value is -3.22. The van der Waals surface area contributed by atoms with Crippen molar-refractivity contribution in [2.75, 3.05) is 23.3 Å². The number of nitrogens with one attached hydrogen (secondary N) is 1. The molecule has 1 aromatic heterocycles. The van der Waals surface area contributed by atoms with Crippen LogP contribution in [0, 0.1) is 11.8 Å². The van der Waals surface area contributed by atoms with E-state index in [1.807, 2.05) is 24.4 Å². The van der Waals surface area contributed by atoms with E-state index in [4.69, 9.17) is 0 Å². The molecular weight excluding hydrogens is 475 g/mol. The van der Waals surface area contributed by atoms with Crippen molar-refractivity contribution in [3.63, 3.8) is 0 Å². The van der Waals surface area contributed by atoms with Crippen LogP contribution in [0.1, 0.15) is 50.5 Å². The summed E-state index contributed by atoms with van der Waals surface area (Å²) in [6, 6.07) is 17.2. The van der Waals surface area contributed by atoms with Gasteiger partial charge in [0, 0.05) is 31.0 Å². The van der Waals surface area contributed by atoms with Gasteiger partial charge < -0.3 is 15.3 Å². The second kappa shape index (κ2) is 11.0. The summed E-state index contributed by atoms with van der Waals surface area (Å²) in [4.78, 5) is 6.84. The molecule has 1 aliphatic heterocycles. The van der Waals surface area contributed by atoms with Gasteiger partial charge >= 0.3 is 6.18 Å². The van der Waals surface area contributed by atoms with Gasteiger partial charge in [-0.2, -0.15) is 13.2 Å². The van der Waals surface area contributed by atoms with Gasteiger partial charge in [-0.1, -0.05) is 25.0 Å². The van der Waals surface area contributed by atoms with Crippen LogP contribution in [0.3, 0.4) is 0 Å². The molecule has 37 heavy (non-hydrogen) atoms. The summed E-state index contributed by atoms with van der Waals surface area (Å²) in [6.07, 6.45) is 5.61. The Bertz CT molecular complexity index is 1160. The second-order valence-electron chi connectivity index (χ2n) is 10.5. The van der Waals surface area contributed by atoms with E-state index in [0.29, 0.717) is 17.9 Å². The SMILES string of the molecule is Oc1ccc(-c2ccnc(N[C@@H]3CCCC[C@H]3C[C@H]3CCCN(c4ccc(C(F)(F)F)cc4)C3)c2)cc1. The van der Waals surface area contributed by atoms with Crippen LogP contribution in [0.15, 0.2) is 66.9 Å². The first-order valence-corrected chi connectivity index (χ1v) is 13.3. The molecule has 2 aliphatic rings. The van der Waals surface area contributed by atoms with E-state index in [0.717, 1.165) is 61.4 Å². The maximum absolute atomic E-state index is 13.0. The van der Waals surface area contributed by atoms with Gasteiger partial charge in [-0.25, -0.2) is 4.98 Å². The third-order valence-corrected chi connectivity index (χ3v) is 7.92. The van der Waals surface area contributed by atoms with Crippen LogP contribution in [-0.2, 0) is 6.18 Å². The third kappa shape index (κ3) is 6.38. The summed E-state index contributed by atoms with van der Waals surface area (Å²) in [6.45, 7) is 1.78. The average Bonchev–Trinajstić information content (AvgIpc) is 2.90. The van der Waals surface area contributed by atoms with E-state index in [9.17, 15) is 18.3 Å². The van der Waals surface area contributed by atoms with Gasteiger partial charge in [-0.15, -0.1) is 0 Å². The highest BCUT2D eigenvalue weighted by Gasteiger charge is 2.32. The molecule has 196 valence electrons. The predicted molar refractivity (Wildman–Crippen MR) is 142 cm³/mol. The zero-order valence-corrected chi connectivity index (χ0v) is 20.9. The molecule has 5 rings (SSSR count). The van der Waals surface area contributed by atoms with Crippen molar-refractivity contribution in [1.29, 1.82) is 0 Å². The number of rotatable bonds is 6. The minimum Gasteiger partial charge on any atom is -0.508 e. The summed E-state index contributed by atoms with van der Waals surface area (Å²) in [5, 5.41) is 13.3. The van der Waals surface area contributed by atoms with Crippen molar-refractivity contribution in [3.05, 3.63) is 72.4 Å². The molecule has 0 spiro atoms. The molecule has 0 unspecified atom stereocenters. The lowest BCUT2D eigenvalue weighted by Gasteiger charge is -2.39. The highest BCUT2D eigenvalue weighted by molar-refractivity contribution is 5.66. The molecule has 1 saturated heterocycles. The standard InChI is InChI=1S/C30H34F3N3O/c31-30(32,33)25-9-11-26(12-10-25)36-17-3-4-21(20-36)18-24-5-1-2-6-28(24)35-29-19-23(15-16-34-29)22-7-13-27(37)14-8-22/h7-16,19,21,24,28,37H,1-6,17-18,20H2,(H,34,35)/t21-,24+,28-/m1/s1. The van der Waals surface area contributed by atoms with Crippen LogP contribution >= 0.6 is 0 Å². The number of hydrogen-bond donors (Lipinski definition) is 2. The van der Waals surface area contributed by atoms with Crippen molar-refractivity contribution >= 4 is 11.5 Å². The van der Waals surface area contributed by atoms with Gasteiger partial charge in [0.05, 0.1) is 5.56 Å². The maximum atomic E-state index is 13.0. The van der Waals surface area contributed by atoms with Gasteiger partial charge in [0.15, 0.2) is 0 Å². The van der Waals surface area contributed by atoms with E-state index in [-0.39, 0.29) is 5.75 Å². The predicted octanol–water partition coefficient (Wildman–Crippen LogP) is 7.75. The molecule has 0 amide bonds. The third-order valence-electron chi connectivity index (χ3n) is 7.92. The molecule has 0 bridgehead atoms. The summed E-state index contributed by atoms with van der Waals surface area (Å²) >= 11 is 0. The second-order valence-corrected chi connectivity index (χ2v) is 10.5. The first-order valence-electron chi connectivity index (χ1n) is 13.3. The van der Waals surface area contributed by atoms with Crippen LogP contribution in [0.4, 0.5) is 24.7 Å². The highest BCUT2D eigenvalue weighted by Crippen LogP contribution is 2.36. The number of benzene rings is 2. The lowest BCUT2D eigenvalue weighted by atomic mass is 9.77. The van der Waals surface area contributed by atoms with Gasteiger partial charge in [-0.3, -0.25) is 0 Å². The molecule has 1 saturated carbocycles. The number of alkyl halides is 3. The Morgan fingerprint density at radius 3 is 2.41 bits per heavy atom. The van der Waals surface area contributed by atoms with Crippen LogP contribution in [-0.4, -0.2) is 29.2 Å². The first kappa shape index (κ1) is 25.4. The first-order chi connectivity index (χ1) is 17.8. The summed E-state index contributed by atoms with van der Waals surface area (Å²) < 4.78 is 38.9. The number of piperidine rings is 1. The monoisotopic (exact) mass is 509 g/mol. The average molecular weight is 510 g/mol. The number of halogens is 3. The Morgan fingerprint density at radius 2 is 1.65 bits per heavy atom. The summed E-state index contributed by atoms with van der Waals surface area (Å²) in [7, 11) is 0. The van der Waals surface area contributed by atoms with Gasteiger partial charge in [0.1, 0.15) is 11.6 Å². The van der Waals surface area contributed by atoms with Crippen molar-refractivity contribution in [1.82, 2.24) is 4.98 Å². The Balaban J connectivity index is 1.23. The lowest BCUT2D eigenvalue weighted by Crippen LogP contribution is -2.39. The number of phenols is 1. The van der Waals surface area contributed by atoms with Gasteiger partial charge in [-0.05, 0) is 104 Å². The zero-order valence-electron chi connectivity index (χ0n) is 20.9. The van der Waals surface area contributed by atoms with Crippen LogP contribution in [0.2, 0.25) is 0 Å². The lowest BCUT2D eigenvalue weighted by molar-refractivity contribution is -0.137. The fourth-order valence-electron chi connectivity index (χ4n) is 5.99. The van der Waals surface area contributed by atoms with Crippen molar-refractivity contribution in [2.45, 2.75) is 57.2 Å². The molecule has 1 aliphatic carbocycles. The van der Waals surface area contributed by atoms with Crippen LogP contribution in [0.25, 0.3) is 11.1 Å². The Labute approximate surface area is 216 Å². The van der Waals surface area contributed by atoms with E-state index in [1.54, 1.807) is 24.3 Å². The fraction of sp³-hybridized carbons (Fsp3) is 0.433. The van der Waals surface area contributed by atoms with Crippen LogP contribution < -0.4 is 10.2 Å². The number of aromatic hydroxyl groups is 1. The fourth-order valence-corrected chi connectivity index (χ4v) is 5.99. The largest absolute Gasteiger partial charge is 0.508 e. The molecule has 3 atom stereocenters. The normalized spacial score (nSPS) is 22.6. The number of hydrogen-bond acceptors (Lipinski definition) is 4. The molecule has 7 heteroatoms. The van der Waals surface area contributed by atoms with Gasteiger partial charge in [0.2, 0.25) is 0 Å². The molecular formula is C30H34F3N3O. The van der Waals surface area contributed by atoms with E-state index < -0.39 is 11.7 Å². The topological polar surface area (TPSA) is 48.4 Å². The minimum absolute atomic E-state index is 0.251. The van der Waals surface area contributed by atoms with Crippen molar-refractivity contribution in [3.8, 4) is 16.9 Å². The molecule has 2 fully saturated rings. The van der Waals surface area contributed by atoms with Gasteiger partial charge in [0.25, 0.3) is 0 Å². The maximum Gasteiger partial charge on any atom is 0.416 e.